The van der Waals surface area contributed by atoms with Crippen molar-refractivity contribution in [1.29, 1.82) is 0 Å². The molecule has 3 rings (SSSR count). The van der Waals surface area contributed by atoms with Crippen molar-refractivity contribution in [3.05, 3.63) is 57.7 Å². The van der Waals surface area contributed by atoms with E-state index in [4.69, 9.17) is 4.42 Å². The maximum absolute atomic E-state index is 12.3. The quantitative estimate of drug-likeness (QED) is 0.543. The Bertz CT molecular complexity index is 1080. The third kappa shape index (κ3) is 4.17. The largest absolute Gasteiger partial charge is 0.403 e. The summed E-state index contributed by atoms with van der Waals surface area (Å²) < 4.78 is 31.6. The van der Waals surface area contributed by atoms with Gasteiger partial charge in [-0.1, -0.05) is 17.2 Å². The Morgan fingerprint density at radius 2 is 1.74 bits per heavy atom. The van der Waals surface area contributed by atoms with Gasteiger partial charge >= 0.3 is 6.01 Å². The van der Waals surface area contributed by atoms with Crippen LogP contribution in [0.5, 0.6) is 0 Å². The van der Waals surface area contributed by atoms with Crippen LogP contribution in [0.3, 0.4) is 0 Å². The normalized spacial score (nSPS) is 11.6. The lowest BCUT2D eigenvalue weighted by atomic mass is 10.2. The van der Waals surface area contributed by atoms with E-state index < -0.39 is 10.0 Å². The average Bonchev–Trinajstić information content (AvgIpc) is 3.10. The van der Waals surface area contributed by atoms with E-state index in [1.165, 1.54) is 26.2 Å². The van der Waals surface area contributed by atoms with Crippen LogP contribution < -0.4 is 5.32 Å². The molecule has 0 atom stereocenters. The summed E-state index contributed by atoms with van der Waals surface area (Å²) in [7, 11) is -0.587. The molecular formula is C17H15IN4O4S. The molecule has 2 aromatic carbocycles. The summed E-state index contributed by atoms with van der Waals surface area (Å²) in [6.07, 6.45) is 0. The van der Waals surface area contributed by atoms with E-state index in [0.29, 0.717) is 11.1 Å². The Hall–Kier alpha value is -2.31. The number of carbonyl (C=O) groups is 1. The minimum absolute atomic E-state index is 0.0420. The van der Waals surface area contributed by atoms with Crippen molar-refractivity contribution in [2.24, 2.45) is 0 Å². The van der Waals surface area contributed by atoms with Crippen LogP contribution in [-0.4, -0.2) is 42.9 Å². The molecule has 1 heterocycles. The van der Waals surface area contributed by atoms with Gasteiger partial charge in [-0.15, -0.1) is 5.10 Å². The minimum Gasteiger partial charge on any atom is -0.403 e. The van der Waals surface area contributed by atoms with Gasteiger partial charge in [-0.25, -0.2) is 12.7 Å². The number of hydrogen-bond acceptors (Lipinski definition) is 6. The van der Waals surface area contributed by atoms with Gasteiger partial charge in [0.25, 0.3) is 5.91 Å². The van der Waals surface area contributed by atoms with E-state index >= 15 is 0 Å². The van der Waals surface area contributed by atoms with Crippen LogP contribution in [0.4, 0.5) is 6.01 Å². The highest BCUT2D eigenvalue weighted by Gasteiger charge is 2.18. The number of aromatic nitrogens is 2. The van der Waals surface area contributed by atoms with E-state index in [-0.39, 0.29) is 22.7 Å². The molecule has 140 valence electrons. The minimum atomic E-state index is -3.51. The Morgan fingerprint density at radius 3 is 2.37 bits per heavy atom. The van der Waals surface area contributed by atoms with E-state index in [0.717, 1.165) is 7.88 Å². The van der Waals surface area contributed by atoms with Gasteiger partial charge in [0.15, 0.2) is 0 Å². The standard InChI is InChI=1S/C17H15IN4O4S/c1-22(2)27(24,25)12-9-7-11(8-10-12)16-20-21-17(26-16)19-15(23)13-5-3-4-6-14(13)18/h3-10H,1-2H3,(H,19,21,23). The monoisotopic (exact) mass is 498 g/mol. The number of carbonyl (C=O) groups excluding carboxylic acids is 1. The van der Waals surface area contributed by atoms with Crippen LogP contribution in [0.15, 0.2) is 57.8 Å². The molecule has 0 unspecified atom stereocenters. The highest BCUT2D eigenvalue weighted by atomic mass is 127. The van der Waals surface area contributed by atoms with E-state index in [1.807, 2.05) is 12.1 Å². The molecular weight excluding hydrogens is 483 g/mol. The molecule has 0 spiro atoms. The maximum Gasteiger partial charge on any atom is 0.322 e. The first-order valence-corrected chi connectivity index (χ1v) is 10.2. The average molecular weight is 498 g/mol. The summed E-state index contributed by atoms with van der Waals surface area (Å²) in [4.78, 5) is 12.4. The Labute approximate surface area is 169 Å². The van der Waals surface area contributed by atoms with E-state index in [9.17, 15) is 13.2 Å². The molecule has 1 aromatic heterocycles. The van der Waals surface area contributed by atoms with Crippen LogP contribution >= 0.6 is 22.6 Å². The van der Waals surface area contributed by atoms with Crippen molar-refractivity contribution in [3.8, 4) is 11.5 Å². The van der Waals surface area contributed by atoms with Crippen molar-refractivity contribution >= 4 is 44.5 Å². The fourth-order valence-electron chi connectivity index (χ4n) is 2.18. The molecule has 1 N–H and O–H groups in total. The van der Waals surface area contributed by atoms with E-state index in [1.54, 1.807) is 24.3 Å². The molecule has 27 heavy (non-hydrogen) atoms. The smallest absolute Gasteiger partial charge is 0.322 e. The van der Waals surface area contributed by atoms with Crippen molar-refractivity contribution in [3.63, 3.8) is 0 Å². The van der Waals surface area contributed by atoms with Crippen LogP contribution in [0.2, 0.25) is 0 Å². The second kappa shape index (κ2) is 7.74. The van der Waals surface area contributed by atoms with Gasteiger partial charge in [-0.05, 0) is 59.0 Å². The number of benzene rings is 2. The number of amides is 1. The third-order valence-corrected chi connectivity index (χ3v) is 6.41. The van der Waals surface area contributed by atoms with Crippen molar-refractivity contribution in [1.82, 2.24) is 14.5 Å². The summed E-state index contributed by atoms with van der Waals surface area (Å²) in [5.41, 5.74) is 1.03. The van der Waals surface area contributed by atoms with Crippen molar-refractivity contribution in [2.45, 2.75) is 4.90 Å². The van der Waals surface area contributed by atoms with Gasteiger partial charge in [0, 0.05) is 23.2 Å². The number of sulfonamides is 1. The lowest BCUT2D eigenvalue weighted by Gasteiger charge is -2.11. The predicted molar refractivity (Wildman–Crippen MR) is 108 cm³/mol. The second-order valence-electron chi connectivity index (χ2n) is 5.66. The molecule has 0 aliphatic heterocycles. The van der Waals surface area contributed by atoms with Gasteiger partial charge in [-0.2, -0.15) is 0 Å². The molecule has 0 fully saturated rings. The molecule has 3 aromatic rings. The molecule has 0 radical (unpaired) electrons. The zero-order chi connectivity index (χ0) is 19.6. The van der Waals surface area contributed by atoms with Crippen LogP contribution in [0, 0.1) is 3.57 Å². The zero-order valence-corrected chi connectivity index (χ0v) is 17.4. The predicted octanol–water partition coefficient (Wildman–Crippen LogP) is 2.84. The zero-order valence-electron chi connectivity index (χ0n) is 14.4. The summed E-state index contributed by atoms with van der Waals surface area (Å²) in [6.45, 7) is 0. The van der Waals surface area contributed by atoms with Gasteiger partial charge in [0.05, 0.1) is 10.5 Å². The molecule has 10 heteroatoms. The number of anilines is 1. The van der Waals surface area contributed by atoms with Crippen LogP contribution in [-0.2, 0) is 10.0 Å². The molecule has 0 aliphatic carbocycles. The Morgan fingerprint density at radius 1 is 1.07 bits per heavy atom. The van der Waals surface area contributed by atoms with Gasteiger partial charge in [0.1, 0.15) is 0 Å². The summed E-state index contributed by atoms with van der Waals surface area (Å²) in [6, 6.07) is 13.1. The van der Waals surface area contributed by atoms with Crippen molar-refractivity contribution in [2.75, 3.05) is 19.4 Å². The molecule has 8 nitrogen and oxygen atoms in total. The second-order valence-corrected chi connectivity index (χ2v) is 8.97. The van der Waals surface area contributed by atoms with Gasteiger partial charge in [-0.3, -0.25) is 10.1 Å². The Kier molecular flexibility index (Phi) is 5.58. The first kappa shape index (κ1) is 19.5. The molecule has 0 aliphatic rings. The lowest BCUT2D eigenvalue weighted by molar-refractivity contribution is 0.102. The summed E-state index contributed by atoms with van der Waals surface area (Å²) in [5.74, 6) is -0.190. The van der Waals surface area contributed by atoms with Crippen molar-refractivity contribution < 1.29 is 17.6 Å². The molecule has 0 bridgehead atoms. The summed E-state index contributed by atoms with van der Waals surface area (Å²) >= 11 is 2.07. The highest BCUT2D eigenvalue weighted by molar-refractivity contribution is 14.1. The van der Waals surface area contributed by atoms with Crippen LogP contribution in [0.1, 0.15) is 10.4 Å². The fourth-order valence-corrected chi connectivity index (χ4v) is 3.71. The maximum atomic E-state index is 12.3. The number of nitrogens with one attached hydrogen (secondary N) is 1. The fraction of sp³-hybridized carbons (Fsp3) is 0.118. The molecule has 0 saturated carbocycles. The number of nitrogens with zero attached hydrogens (tertiary/aromatic N) is 3. The number of rotatable bonds is 5. The van der Waals surface area contributed by atoms with Gasteiger partial charge < -0.3 is 4.42 Å². The molecule has 1 amide bonds. The SMILES string of the molecule is CN(C)S(=O)(=O)c1ccc(-c2nnc(NC(=O)c3ccccc3I)o2)cc1. The first-order valence-electron chi connectivity index (χ1n) is 7.71. The highest BCUT2D eigenvalue weighted by Crippen LogP contribution is 2.23. The lowest BCUT2D eigenvalue weighted by Crippen LogP contribution is -2.22. The summed E-state index contributed by atoms with van der Waals surface area (Å²) in [5, 5.41) is 10.3. The number of hydrogen-bond donors (Lipinski definition) is 1. The Balaban J connectivity index is 1.78. The van der Waals surface area contributed by atoms with Crippen LogP contribution in [0.25, 0.3) is 11.5 Å². The topological polar surface area (TPSA) is 105 Å². The number of halogens is 1. The van der Waals surface area contributed by atoms with E-state index in [2.05, 4.69) is 38.1 Å². The van der Waals surface area contributed by atoms with Gasteiger partial charge in [0.2, 0.25) is 15.9 Å². The first-order chi connectivity index (χ1) is 12.8. The molecule has 0 saturated heterocycles. The third-order valence-electron chi connectivity index (χ3n) is 3.64.